The summed E-state index contributed by atoms with van der Waals surface area (Å²) in [6.45, 7) is 0. The first kappa shape index (κ1) is 11.9. The molecule has 94 valence electrons. The second-order valence-corrected chi connectivity index (χ2v) is 3.26. The van der Waals surface area contributed by atoms with E-state index in [0.717, 1.165) is 12.1 Å². The maximum Gasteiger partial charge on any atom is 0.478 e. The van der Waals surface area contributed by atoms with E-state index in [1.54, 1.807) is 0 Å². The van der Waals surface area contributed by atoms with Crippen molar-refractivity contribution < 1.29 is 35.8 Å². The maximum atomic E-state index is 12.5. The van der Waals surface area contributed by atoms with Crippen LogP contribution in [-0.2, 0) is 0 Å². The first-order valence-corrected chi connectivity index (χ1v) is 4.28. The average Bonchev–Trinajstić information content (AvgIpc) is 2.55. The fourth-order valence-electron chi connectivity index (χ4n) is 1.34. The third kappa shape index (κ3) is 1.58. The van der Waals surface area contributed by atoms with Gasteiger partial charge in [-0.15, -0.1) is 0 Å². The van der Waals surface area contributed by atoms with Gasteiger partial charge in [0.25, 0.3) is 0 Å². The van der Waals surface area contributed by atoms with Gasteiger partial charge in [0.2, 0.25) is 0 Å². The Hall–Kier alpha value is -1.60. The summed E-state index contributed by atoms with van der Waals surface area (Å²) < 4.78 is 82.9. The topological polar surface area (TPSA) is 18.5 Å². The minimum atomic E-state index is -5.73. The molecule has 0 fully saturated rings. The van der Waals surface area contributed by atoms with E-state index in [0.29, 0.717) is 0 Å². The van der Waals surface area contributed by atoms with Crippen LogP contribution in [0.1, 0.15) is 0 Å². The Balaban J connectivity index is 2.50. The number of alkyl halides is 6. The lowest BCUT2D eigenvalue weighted by molar-refractivity contribution is -0.412. The maximum absolute atomic E-state index is 12.5. The van der Waals surface area contributed by atoms with E-state index in [2.05, 4.69) is 9.47 Å². The smallest absolute Gasteiger partial charge is 0.434 e. The van der Waals surface area contributed by atoms with Crippen molar-refractivity contribution in [1.82, 2.24) is 0 Å². The van der Waals surface area contributed by atoms with E-state index >= 15 is 0 Å². The van der Waals surface area contributed by atoms with E-state index in [-0.39, 0.29) is 0 Å². The van der Waals surface area contributed by atoms with Gasteiger partial charge in [0, 0.05) is 0 Å². The fraction of sp³-hybridized carbons (Fsp3) is 0.333. The molecule has 17 heavy (non-hydrogen) atoms. The molecule has 0 bridgehead atoms. The van der Waals surface area contributed by atoms with E-state index < -0.39 is 29.6 Å². The van der Waals surface area contributed by atoms with Crippen molar-refractivity contribution in [2.75, 3.05) is 0 Å². The molecular weight excluding hydrogens is 254 g/mol. The zero-order chi connectivity index (χ0) is 12.9. The van der Waals surface area contributed by atoms with E-state index in [1.165, 1.54) is 12.1 Å². The van der Waals surface area contributed by atoms with E-state index in [1.807, 2.05) is 0 Å². The van der Waals surface area contributed by atoms with Crippen molar-refractivity contribution in [2.45, 2.75) is 18.1 Å². The lowest BCUT2D eigenvalue weighted by Gasteiger charge is -2.30. The molecule has 0 atom stereocenters. The molecule has 0 saturated heterocycles. The number of para-hydroxylation sites is 2. The van der Waals surface area contributed by atoms with E-state index in [9.17, 15) is 26.3 Å². The van der Waals surface area contributed by atoms with Gasteiger partial charge in [0.15, 0.2) is 11.5 Å². The van der Waals surface area contributed by atoms with Gasteiger partial charge >= 0.3 is 18.1 Å². The SMILES string of the molecule is FC(F)(F)C1(C(F)(F)F)Oc2ccccc2O1. The molecule has 0 aliphatic carbocycles. The summed E-state index contributed by atoms with van der Waals surface area (Å²) in [5.74, 6) is -5.81. The Morgan fingerprint density at radius 3 is 1.41 bits per heavy atom. The summed E-state index contributed by atoms with van der Waals surface area (Å²) in [6, 6.07) is 4.42. The molecule has 0 unspecified atom stereocenters. The number of hydrogen-bond donors (Lipinski definition) is 0. The van der Waals surface area contributed by atoms with Crippen LogP contribution in [0, 0.1) is 0 Å². The molecule has 0 saturated carbocycles. The molecule has 0 spiro atoms. The first-order chi connectivity index (χ1) is 7.67. The highest BCUT2D eigenvalue weighted by atomic mass is 19.4. The molecule has 0 amide bonds. The van der Waals surface area contributed by atoms with Crippen LogP contribution in [-0.4, -0.2) is 18.1 Å². The molecule has 1 aliphatic heterocycles. The van der Waals surface area contributed by atoms with Gasteiger partial charge in [-0.3, -0.25) is 0 Å². The van der Waals surface area contributed by atoms with Crippen LogP contribution in [0.15, 0.2) is 24.3 Å². The van der Waals surface area contributed by atoms with Crippen molar-refractivity contribution >= 4 is 0 Å². The second kappa shape index (κ2) is 3.21. The Morgan fingerprint density at radius 2 is 1.12 bits per heavy atom. The predicted molar refractivity (Wildman–Crippen MR) is 42.5 cm³/mol. The summed E-state index contributed by atoms with van der Waals surface area (Å²) in [5, 5.41) is 0. The standard InChI is InChI=1S/C9H4F6O2/c10-8(11,12)7(9(13,14)15)16-5-3-1-2-4-6(5)17-7/h1-4H. The molecule has 8 heteroatoms. The molecular formula is C9H4F6O2. The largest absolute Gasteiger partial charge is 0.478 e. The Morgan fingerprint density at radius 1 is 0.765 bits per heavy atom. The molecule has 1 aromatic carbocycles. The highest BCUT2D eigenvalue weighted by Gasteiger charge is 2.79. The molecule has 2 rings (SSSR count). The monoisotopic (exact) mass is 258 g/mol. The number of fused-ring (bicyclic) bond motifs is 1. The molecule has 1 heterocycles. The predicted octanol–water partition coefficient (Wildman–Crippen LogP) is 3.28. The zero-order valence-corrected chi connectivity index (χ0v) is 7.89. The van der Waals surface area contributed by atoms with Crippen molar-refractivity contribution in [2.24, 2.45) is 0 Å². The Kier molecular flexibility index (Phi) is 2.24. The van der Waals surface area contributed by atoms with Gasteiger partial charge in [0.1, 0.15) is 0 Å². The quantitative estimate of drug-likeness (QED) is 0.665. The van der Waals surface area contributed by atoms with Crippen LogP contribution in [0.5, 0.6) is 11.5 Å². The van der Waals surface area contributed by atoms with E-state index in [4.69, 9.17) is 0 Å². The molecule has 0 N–H and O–H groups in total. The van der Waals surface area contributed by atoms with Crippen molar-refractivity contribution in [3.8, 4) is 11.5 Å². The number of rotatable bonds is 0. The highest BCUT2D eigenvalue weighted by molar-refractivity contribution is 5.43. The highest BCUT2D eigenvalue weighted by Crippen LogP contribution is 2.53. The zero-order valence-electron chi connectivity index (χ0n) is 7.89. The number of ether oxygens (including phenoxy) is 2. The molecule has 0 aromatic heterocycles. The van der Waals surface area contributed by atoms with Crippen LogP contribution in [0.4, 0.5) is 26.3 Å². The van der Waals surface area contributed by atoms with Crippen LogP contribution in [0.3, 0.4) is 0 Å². The third-order valence-electron chi connectivity index (χ3n) is 2.10. The van der Waals surface area contributed by atoms with Crippen molar-refractivity contribution in [1.29, 1.82) is 0 Å². The second-order valence-electron chi connectivity index (χ2n) is 3.26. The minimum Gasteiger partial charge on any atom is -0.434 e. The van der Waals surface area contributed by atoms with Crippen LogP contribution in [0.2, 0.25) is 0 Å². The first-order valence-electron chi connectivity index (χ1n) is 4.28. The minimum absolute atomic E-state index is 0.595. The van der Waals surface area contributed by atoms with Gasteiger partial charge in [-0.2, -0.15) is 26.3 Å². The summed E-state index contributed by atoms with van der Waals surface area (Å²) in [7, 11) is 0. The number of benzene rings is 1. The normalized spacial score (nSPS) is 18.2. The van der Waals surface area contributed by atoms with Crippen LogP contribution in [0.25, 0.3) is 0 Å². The number of halogens is 6. The summed E-state index contributed by atoms with van der Waals surface area (Å²) in [4.78, 5) is 0. The lowest BCUT2D eigenvalue weighted by atomic mass is 10.2. The lowest BCUT2D eigenvalue weighted by Crippen LogP contribution is -2.63. The number of hydrogen-bond acceptors (Lipinski definition) is 2. The van der Waals surface area contributed by atoms with Crippen LogP contribution < -0.4 is 9.47 Å². The average molecular weight is 258 g/mol. The molecule has 0 radical (unpaired) electrons. The molecule has 1 aromatic rings. The summed E-state index contributed by atoms with van der Waals surface area (Å²) in [6.07, 6.45) is -11.5. The van der Waals surface area contributed by atoms with Gasteiger partial charge in [-0.25, -0.2) is 0 Å². The summed E-state index contributed by atoms with van der Waals surface area (Å²) in [5.41, 5.74) is 0. The molecule has 1 aliphatic rings. The Labute approximate surface area is 90.7 Å². The summed E-state index contributed by atoms with van der Waals surface area (Å²) >= 11 is 0. The fourth-order valence-corrected chi connectivity index (χ4v) is 1.34. The van der Waals surface area contributed by atoms with Gasteiger partial charge < -0.3 is 9.47 Å². The van der Waals surface area contributed by atoms with Gasteiger partial charge in [-0.05, 0) is 12.1 Å². The third-order valence-corrected chi connectivity index (χ3v) is 2.10. The van der Waals surface area contributed by atoms with Gasteiger partial charge in [-0.1, -0.05) is 12.1 Å². The van der Waals surface area contributed by atoms with Crippen molar-refractivity contribution in [3.63, 3.8) is 0 Å². The van der Waals surface area contributed by atoms with Crippen molar-refractivity contribution in [3.05, 3.63) is 24.3 Å². The molecule has 2 nitrogen and oxygen atoms in total. The Bertz CT molecular complexity index is 395. The van der Waals surface area contributed by atoms with Gasteiger partial charge in [0.05, 0.1) is 0 Å². The van der Waals surface area contributed by atoms with Crippen LogP contribution >= 0.6 is 0 Å².